The van der Waals surface area contributed by atoms with E-state index in [0.29, 0.717) is 5.92 Å². The number of hydrogen-bond acceptors (Lipinski definition) is 0. The van der Waals surface area contributed by atoms with Crippen LogP contribution in [0.1, 0.15) is 42.4 Å². The van der Waals surface area contributed by atoms with E-state index in [-0.39, 0.29) is 13.8 Å². The van der Waals surface area contributed by atoms with Crippen molar-refractivity contribution in [3.05, 3.63) is 0 Å². The molecular formula is C7H18. The Bertz CT molecular complexity index is 41.7. The smallest absolute Gasteiger partial charge is 0.0269 e. The fourth-order valence-electron chi connectivity index (χ4n) is 0.471. The Hall–Kier alpha value is 0. The molecule has 0 spiro atoms. The van der Waals surface area contributed by atoms with Gasteiger partial charge in [0.25, 0.3) is 0 Å². The molecule has 0 aromatic heterocycles. The molecule has 1 unspecified atom stereocenters. The minimum Gasteiger partial charge on any atom is -0.0776 e. The van der Waals surface area contributed by atoms with Gasteiger partial charge in [0.2, 0.25) is 0 Å². The van der Waals surface area contributed by atoms with Gasteiger partial charge >= 0.3 is 0 Å². The van der Waals surface area contributed by atoms with Crippen LogP contribution in [0.2, 0.25) is 0 Å². The average Bonchev–Trinajstić information content (AvgIpc) is 1.65. The van der Waals surface area contributed by atoms with Gasteiger partial charge in [0, 0.05) is 1.37 Å². The highest BCUT2D eigenvalue weighted by Crippen LogP contribution is 2.00. The van der Waals surface area contributed by atoms with Crippen LogP contribution in [0, 0.1) is 5.92 Å². The van der Waals surface area contributed by atoms with Crippen LogP contribution in [0.4, 0.5) is 0 Å². The Morgan fingerprint density at radius 2 is 2.00 bits per heavy atom. The predicted octanol–water partition coefficient (Wildman–Crippen LogP) is 3.08. The largest absolute Gasteiger partial charge is 0.0776 e. The highest BCUT2D eigenvalue weighted by atomic mass is 13.9. The maximum absolute atomic E-state index is 7.28. The zero-order valence-corrected chi connectivity index (χ0v) is 4.86. The molecule has 0 aliphatic rings. The van der Waals surface area contributed by atoms with Crippen LogP contribution in [0.5, 0.6) is 0 Å². The van der Waals surface area contributed by atoms with Crippen molar-refractivity contribution in [3.63, 3.8) is 0 Å². The van der Waals surface area contributed by atoms with Crippen molar-refractivity contribution >= 4 is 0 Å². The Balaban J connectivity index is 0. The molecule has 0 radical (unpaired) electrons. The van der Waals surface area contributed by atoms with E-state index < -0.39 is 0 Å². The Morgan fingerprint density at radius 1 is 1.57 bits per heavy atom. The van der Waals surface area contributed by atoms with E-state index in [1.807, 2.05) is 0 Å². The second kappa shape index (κ2) is 6.00. The normalized spacial score (nSPS) is 15.1. The van der Waals surface area contributed by atoms with Crippen molar-refractivity contribution in [2.75, 3.05) is 0 Å². The zero-order valence-electron chi connectivity index (χ0n) is 5.86. The van der Waals surface area contributed by atoms with E-state index in [9.17, 15) is 0 Å². The second-order valence-electron chi connectivity index (χ2n) is 1.89. The van der Waals surface area contributed by atoms with E-state index >= 15 is 0 Å². The maximum Gasteiger partial charge on any atom is 0.0269 e. The predicted molar refractivity (Wildman–Crippen MR) is 36.5 cm³/mol. The molecule has 0 amide bonds. The molecule has 0 heteroatoms. The van der Waals surface area contributed by atoms with Crippen LogP contribution in [-0.4, -0.2) is 0 Å². The first-order chi connectivity index (χ1) is 3.18. The Morgan fingerprint density at radius 3 is 2.00 bits per heavy atom. The standard InChI is InChI=1S/C6H14.CH4/c1-4-5-6(2)3;/h6H,4-5H2,1-3H3;1H4/i5T;. The second-order valence-corrected chi connectivity index (χ2v) is 1.89. The molecule has 0 rings (SSSR count). The topological polar surface area (TPSA) is 0 Å². The molecule has 7 heavy (non-hydrogen) atoms. The van der Waals surface area contributed by atoms with Crippen molar-refractivity contribution in [3.8, 4) is 0 Å². The first-order valence-corrected chi connectivity index (χ1v) is 2.60. The first-order valence-electron chi connectivity index (χ1n) is 3.18. The Kier molecular flexibility index (Phi) is 6.00. The molecule has 0 saturated carbocycles. The molecule has 0 aromatic carbocycles. The minimum atomic E-state index is 0. The summed E-state index contributed by atoms with van der Waals surface area (Å²) < 4.78 is 7.28. The lowest BCUT2D eigenvalue weighted by Crippen LogP contribution is -1.81. The van der Waals surface area contributed by atoms with Gasteiger partial charge in [0.05, 0.1) is 0 Å². The lowest BCUT2D eigenvalue weighted by Gasteiger charge is -1.95. The third kappa shape index (κ3) is 10.7. The van der Waals surface area contributed by atoms with Crippen molar-refractivity contribution < 1.29 is 1.37 Å². The summed E-state index contributed by atoms with van der Waals surface area (Å²) in [4.78, 5) is 0. The summed E-state index contributed by atoms with van der Waals surface area (Å²) in [5.74, 6) is 0.532. The fourth-order valence-corrected chi connectivity index (χ4v) is 0.471. The summed E-state index contributed by atoms with van der Waals surface area (Å²) in [7, 11) is 0. The molecule has 0 saturated heterocycles. The summed E-state index contributed by atoms with van der Waals surface area (Å²) in [5, 5.41) is 0. The summed E-state index contributed by atoms with van der Waals surface area (Å²) in [6.07, 6.45) is 1.14. The molecule has 0 aromatic rings. The van der Waals surface area contributed by atoms with Gasteiger partial charge in [-0.2, -0.15) is 0 Å². The van der Waals surface area contributed by atoms with Crippen LogP contribution in [0.3, 0.4) is 0 Å². The molecule has 0 heterocycles. The van der Waals surface area contributed by atoms with Crippen LogP contribution >= 0.6 is 0 Å². The van der Waals surface area contributed by atoms with Gasteiger partial charge in [-0.05, 0) is 5.92 Å². The van der Waals surface area contributed by atoms with E-state index in [1.54, 1.807) is 0 Å². The lowest BCUT2D eigenvalue weighted by atomic mass is 10.1. The highest BCUT2D eigenvalue weighted by Gasteiger charge is 1.85. The highest BCUT2D eigenvalue weighted by molar-refractivity contribution is 4.38. The quantitative estimate of drug-likeness (QED) is 0.505. The molecule has 1 atom stereocenters. The average molecular weight is 104 g/mol. The molecule has 0 nitrogen and oxygen atoms in total. The fraction of sp³-hybridized carbons (Fsp3) is 1.00. The van der Waals surface area contributed by atoms with Crippen molar-refractivity contribution in [1.82, 2.24) is 0 Å². The minimum absolute atomic E-state index is 0. The SMILES string of the molecule is C.[3H]C(CC)C(C)C. The van der Waals surface area contributed by atoms with Crippen LogP contribution in [-0.2, 0) is 0 Å². The van der Waals surface area contributed by atoms with Gasteiger partial charge in [-0.15, -0.1) is 0 Å². The van der Waals surface area contributed by atoms with Crippen LogP contribution in [0.15, 0.2) is 0 Å². The van der Waals surface area contributed by atoms with Gasteiger partial charge in [-0.1, -0.05) is 41.0 Å². The van der Waals surface area contributed by atoms with Crippen molar-refractivity contribution in [1.29, 1.82) is 0 Å². The van der Waals surface area contributed by atoms with Crippen LogP contribution in [0.25, 0.3) is 0 Å². The third-order valence-corrected chi connectivity index (χ3v) is 0.707. The summed E-state index contributed by atoms with van der Waals surface area (Å²) in [6.45, 7) is 6.22. The van der Waals surface area contributed by atoms with Crippen LogP contribution < -0.4 is 0 Å². The van der Waals surface area contributed by atoms with E-state index in [2.05, 4.69) is 20.8 Å². The number of hydrogen-bond donors (Lipinski definition) is 0. The van der Waals surface area contributed by atoms with Gasteiger partial charge in [-0.25, -0.2) is 0 Å². The Labute approximate surface area is 49.3 Å². The monoisotopic (exact) mass is 104 g/mol. The van der Waals surface area contributed by atoms with E-state index in [1.165, 1.54) is 0 Å². The lowest BCUT2D eigenvalue weighted by molar-refractivity contribution is 0.576. The molecule has 46 valence electrons. The maximum atomic E-state index is 7.28. The summed E-state index contributed by atoms with van der Waals surface area (Å²) >= 11 is 0. The first kappa shape index (κ1) is 7.00. The third-order valence-electron chi connectivity index (χ3n) is 0.707. The van der Waals surface area contributed by atoms with E-state index in [4.69, 9.17) is 1.37 Å². The molecular weight excluding hydrogens is 84.1 g/mol. The number of rotatable bonds is 2. The van der Waals surface area contributed by atoms with Gasteiger partial charge in [0.15, 0.2) is 0 Å². The summed E-state index contributed by atoms with van der Waals surface area (Å²) in [6, 6.07) is 0. The summed E-state index contributed by atoms with van der Waals surface area (Å²) in [5.41, 5.74) is 0. The van der Waals surface area contributed by atoms with Crippen molar-refractivity contribution in [2.45, 2.75) is 41.0 Å². The molecule has 0 aliphatic carbocycles. The molecule has 0 N–H and O–H groups in total. The van der Waals surface area contributed by atoms with Gasteiger partial charge in [-0.3, -0.25) is 0 Å². The van der Waals surface area contributed by atoms with Crippen molar-refractivity contribution in [2.24, 2.45) is 5.92 Å². The molecule has 0 fully saturated rings. The zero-order chi connectivity index (χ0) is 5.86. The van der Waals surface area contributed by atoms with Gasteiger partial charge in [0.1, 0.15) is 0 Å². The molecule has 0 aliphatic heterocycles. The van der Waals surface area contributed by atoms with E-state index in [0.717, 1.165) is 6.42 Å². The molecule has 0 bridgehead atoms. The van der Waals surface area contributed by atoms with Gasteiger partial charge < -0.3 is 0 Å².